The summed E-state index contributed by atoms with van der Waals surface area (Å²) in [5.41, 5.74) is 1.32. The summed E-state index contributed by atoms with van der Waals surface area (Å²) in [6.45, 7) is 3.74. The minimum atomic E-state index is -3.34. The van der Waals surface area contributed by atoms with Gasteiger partial charge in [-0.3, -0.25) is 4.79 Å². The van der Waals surface area contributed by atoms with Crippen LogP contribution in [0.25, 0.3) is 0 Å². The molecule has 7 heteroatoms. The molecule has 5 nitrogen and oxygen atoms in total. The van der Waals surface area contributed by atoms with Gasteiger partial charge in [-0.2, -0.15) is 0 Å². The molecule has 2 aromatic rings. The third kappa shape index (κ3) is 4.66. The Morgan fingerprint density at radius 3 is 2.67 bits per heavy atom. The number of benzene rings is 2. The van der Waals surface area contributed by atoms with Crippen LogP contribution in [0.1, 0.15) is 23.7 Å². The molecule has 1 unspecified atom stereocenters. The summed E-state index contributed by atoms with van der Waals surface area (Å²) in [5.74, 6) is -0.238. The molecule has 0 saturated carbocycles. The van der Waals surface area contributed by atoms with Crippen molar-refractivity contribution in [1.82, 2.24) is 5.32 Å². The molecule has 1 N–H and O–H groups in total. The van der Waals surface area contributed by atoms with Gasteiger partial charge in [-0.25, -0.2) is 12.8 Å². The largest absolute Gasteiger partial charge is 0.371 e. The van der Waals surface area contributed by atoms with Crippen molar-refractivity contribution in [3.63, 3.8) is 0 Å². The van der Waals surface area contributed by atoms with Crippen LogP contribution in [0.5, 0.6) is 0 Å². The zero-order valence-electron chi connectivity index (χ0n) is 15.2. The molecular weight excluding hydrogens is 367 g/mol. The molecule has 0 spiro atoms. The van der Waals surface area contributed by atoms with Crippen LogP contribution in [0, 0.1) is 11.7 Å². The van der Waals surface area contributed by atoms with Crippen molar-refractivity contribution in [3.8, 4) is 0 Å². The van der Waals surface area contributed by atoms with E-state index >= 15 is 0 Å². The van der Waals surface area contributed by atoms with Gasteiger partial charge < -0.3 is 10.2 Å². The van der Waals surface area contributed by atoms with E-state index in [4.69, 9.17) is 0 Å². The van der Waals surface area contributed by atoms with E-state index in [2.05, 4.69) is 10.2 Å². The first-order chi connectivity index (χ1) is 12.9. The Morgan fingerprint density at radius 2 is 1.96 bits per heavy atom. The number of carbonyl (C=O) groups is 1. The number of nitrogens with one attached hydrogen (secondary N) is 1. The molecule has 1 fully saturated rings. The summed E-state index contributed by atoms with van der Waals surface area (Å²) in [4.78, 5) is 14.7. The number of hydrogen-bond acceptors (Lipinski definition) is 4. The van der Waals surface area contributed by atoms with Crippen LogP contribution in [-0.2, 0) is 9.84 Å². The fourth-order valence-electron chi connectivity index (χ4n) is 3.22. The molecule has 1 amide bonds. The summed E-state index contributed by atoms with van der Waals surface area (Å²) >= 11 is 0. The van der Waals surface area contributed by atoms with E-state index in [1.807, 2.05) is 0 Å². The van der Waals surface area contributed by atoms with E-state index in [1.54, 1.807) is 31.2 Å². The SMILES string of the molecule is CCS(=O)(=O)c1cccc(C(=O)NCC2CCN(c3ccc(F)cc3)C2)c1. The topological polar surface area (TPSA) is 66.5 Å². The second-order valence-electron chi connectivity index (χ2n) is 6.72. The van der Waals surface area contributed by atoms with Gasteiger partial charge in [-0.1, -0.05) is 13.0 Å². The molecule has 27 heavy (non-hydrogen) atoms. The Hall–Kier alpha value is -2.41. The number of rotatable bonds is 6. The van der Waals surface area contributed by atoms with Crippen molar-refractivity contribution < 1.29 is 17.6 Å². The fourth-order valence-corrected chi connectivity index (χ4v) is 4.15. The van der Waals surface area contributed by atoms with E-state index < -0.39 is 9.84 Å². The molecular formula is C20H23FN2O3S. The van der Waals surface area contributed by atoms with Crippen LogP contribution >= 0.6 is 0 Å². The fraction of sp³-hybridized carbons (Fsp3) is 0.350. The number of carbonyl (C=O) groups excluding carboxylic acids is 1. The van der Waals surface area contributed by atoms with Gasteiger partial charge in [0.15, 0.2) is 9.84 Å². The van der Waals surface area contributed by atoms with Crippen molar-refractivity contribution in [2.75, 3.05) is 30.3 Å². The van der Waals surface area contributed by atoms with Gasteiger partial charge in [0.05, 0.1) is 10.6 Å². The lowest BCUT2D eigenvalue weighted by Crippen LogP contribution is -2.31. The van der Waals surface area contributed by atoms with Gasteiger partial charge >= 0.3 is 0 Å². The molecule has 1 aliphatic heterocycles. The van der Waals surface area contributed by atoms with E-state index in [-0.39, 0.29) is 22.4 Å². The number of halogens is 1. The van der Waals surface area contributed by atoms with Gasteiger partial charge in [0, 0.05) is 30.9 Å². The van der Waals surface area contributed by atoms with Crippen LogP contribution < -0.4 is 10.2 Å². The first-order valence-corrected chi connectivity index (χ1v) is 10.7. The summed E-state index contributed by atoms with van der Waals surface area (Å²) < 4.78 is 37.0. The third-order valence-electron chi connectivity index (χ3n) is 4.86. The normalized spacial score (nSPS) is 17.1. The zero-order valence-corrected chi connectivity index (χ0v) is 16.0. The van der Waals surface area contributed by atoms with E-state index in [9.17, 15) is 17.6 Å². The predicted octanol–water partition coefficient (Wildman–Crippen LogP) is 2.88. The smallest absolute Gasteiger partial charge is 0.251 e. The van der Waals surface area contributed by atoms with Crippen molar-refractivity contribution in [1.29, 1.82) is 0 Å². The average molecular weight is 390 g/mol. The highest BCUT2D eigenvalue weighted by Gasteiger charge is 2.23. The van der Waals surface area contributed by atoms with Gasteiger partial charge in [0.2, 0.25) is 0 Å². The third-order valence-corrected chi connectivity index (χ3v) is 6.60. The zero-order chi connectivity index (χ0) is 19.4. The molecule has 0 bridgehead atoms. The highest BCUT2D eigenvalue weighted by molar-refractivity contribution is 7.91. The van der Waals surface area contributed by atoms with Crippen molar-refractivity contribution in [2.45, 2.75) is 18.2 Å². The Balaban J connectivity index is 1.57. The lowest BCUT2D eigenvalue weighted by atomic mass is 10.1. The molecule has 144 valence electrons. The number of amides is 1. The molecule has 1 saturated heterocycles. The van der Waals surface area contributed by atoms with E-state index in [1.165, 1.54) is 24.3 Å². The minimum absolute atomic E-state index is 0.000628. The predicted molar refractivity (Wildman–Crippen MR) is 103 cm³/mol. The van der Waals surface area contributed by atoms with E-state index in [0.717, 1.165) is 25.2 Å². The maximum atomic E-state index is 13.0. The number of nitrogens with zero attached hydrogens (tertiary/aromatic N) is 1. The van der Waals surface area contributed by atoms with Crippen molar-refractivity contribution in [3.05, 3.63) is 59.9 Å². The highest BCUT2D eigenvalue weighted by atomic mass is 32.2. The van der Waals surface area contributed by atoms with Crippen LogP contribution in [0.4, 0.5) is 10.1 Å². The minimum Gasteiger partial charge on any atom is -0.371 e. The van der Waals surface area contributed by atoms with Gasteiger partial charge in [0.1, 0.15) is 5.82 Å². The molecule has 0 aromatic heterocycles. The Morgan fingerprint density at radius 1 is 1.22 bits per heavy atom. The number of sulfone groups is 1. The summed E-state index contributed by atoms with van der Waals surface area (Å²) in [7, 11) is -3.34. The monoisotopic (exact) mass is 390 g/mol. The van der Waals surface area contributed by atoms with Crippen LogP contribution in [0.15, 0.2) is 53.4 Å². The van der Waals surface area contributed by atoms with Gasteiger partial charge in [-0.15, -0.1) is 0 Å². The van der Waals surface area contributed by atoms with E-state index in [0.29, 0.717) is 18.0 Å². The van der Waals surface area contributed by atoms with Crippen LogP contribution in [0.3, 0.4) is 0 Å². The van der Waals surface area contributed by atoms with Crippen LogP contribution in [-0.4, -0.2) is 39.7 Å². The summed E-state index contributed by atoms with van der Waals surface area (Å²) in [6.07, 6.45) is 0.932. The second kappa shape index (κ2) is 8.08. The maximum Gasteiger partial charge on any atom is 0.251 e. The first kappa shape index (κ1) is 19.4. The Labute approximate surface area is 159 Å². The summed E-state index contributed by atoms with van der Waals surface area (Å²) in [5, 5.41) is 2.90. The van der Waals surface area contributed by atoms with Crippen molar-refractivity contribution >= 4 is 21.4 Å². The first-order valence-electron chi connectivity index (χ1n) is 9.00. The number of anilines is 1. The highest BCUT2D eigenvalue weighted by Crippen LogP contribution is 2.23. The molecule has 0 aliphatic carbocycles. The van der Waals surface area contributed by atoms with Crippen molar-refractivity contribution in [2.24, 2.45) is 5.92 Å². The number of hydrogen-bond donors (Lipinski definition) is 1. The standard InChI is InChI=1S/C20H23FN2O3S/c1-2-27(25,26)19-5-3-4-16(12-19)20(24)22-13-15-10-11-23(14-15)18-8-6-17(21)7-9-18/h3-9,12,15H,2,10-11,13-14H2,1H3,(H,22,24). The molecule has 1 heterocycles. The molecule has 2 aromatic carbocycles. The quantitative estimate of drug-likeness (QED) is 0.824. The molecule has 1 atom stereocenters. The summed E-state index contributed by atoms with van der Waals surface area (Å²) in [6, 6.07) is 12.5. The van der Waals surface area contributed by atoms with Crippen LogP contribution in [0.2, 0.25) is 0 Å². The average Bonchev–Trinajstić information content (AvgIpc) is 3.16. The lowest BCUT2D eigenvalue weighted by Gasteiger charge is -2.19. The Bertz CT molecular complexity index is 913. The van der Waals surface area contributed by atoms with Gasteiger partial charge in [0.25, 0.3) is 5.91 Å². The lowest BCUT2D eigenvalue weighted by molar-refractivity contribution is 0.0948. The Kier molecular flexibility index (Phi) is 5.79. The maximum absolute atomic E-state index is 13.0. The van der Waals surface area contributed by atoms with Gasteiger partial charge in [-0.05, 0) is 54.8 Å². The molecule has 0 radical (unpaired) electrons. The molecule has 3 rings (SSSR count). The second-order valence-corrected chi connectivity index (χ2v) is 9.00. The molecule has 1 aliphatic rings.